The molecule has 0 radical (unpaired) electrons. The van der Waals surface area contributed by atoms with Gasteiger partial charge in [0.1, 0.15) is 16.9 Å². The van der Waals surface area contributed by atoms with Crippen molar-refractivity contribution in [3.8, 4) is 5.75 Å². The molecule has 2 aliphatic carbocycles. The van der Waals surface area contributed by atoms with E-state index in [1.807, 2.05) is 0 Å². The second-order valence-corrected chi connectivity index (χ2v) is 8.01. The van der Waals surface area contributed by atoms with Crippen LogP contribution in [0.4, 0.5) is 0 Å². The average Bonchev–Trinajstić information content (AvgIpc) is 3.32. The molecule has 136 valence electrons. The van der Waals surface area contributed by atoms with E-state index < -0.39 is 23.0 Å². The van der Waals surface area contributed by atoms with Crippen molar-refractivity contribution in [2.75, 3.05) is 7.11 Å². The Morgan fingerprint density at radius 2 is 2.15 bits per heavy atom. The zero-order valence-corrected chi connectivity index (χ0v) is 15.1. The fourth-order valence-electron chi connectivity index (χ4n) is 4.09. The number of nitrogens with zero attached hydrogens (tertiary/aromatic N) is 1. The summed E-state index contributed by atoms with van der Waals surface area (Å²) in [4.78, 5) is 28.5. The SMILES string of the molecule is COc1ccccc1C(C(=O)O)C1SC(NC2CC3C=CC2C3)=NC1=O. The molecule has 1 aromatic carbocycles. The molecule has 6 nitrogen and oxygen atoms in total. The molecule has 1 heterocycles. The number of para-hydroxylation sites is 1. The van der Waals surface area contributed by atoms with Gasteiger partial charge in [0.25, 0.3) is 5.91 Å². The molecule has 3 aliphatic rings. The van der Waals surface area contributed by atoms with Gasteiger partial charge in [0.2, 0.25) is 0 Å². The number of carboxylic acids is 1. The minimum Gasteiger partial charge on any atom is -0.496 e. The number of carboxylic acid groups (broad SMARTS) is 1. The van der Waals surface area contributed by atoms with Crippen molar-refractivity contribution in [2.45, 2.75) is 30.1 Å². The van der Waals surface area contributed by atoms with Crippen LogP contribution >= 0.6 is 11.8 Å². The van der Waals surface area contributed by atoms with Gasteiger partial charge in [0.15, 0.2) is 5.17 Å². The zero-order chi connectivity index (χ0) is 18.3. The Morgan fingerprint density at radius 1 is 1.35 bits per heavy atom. The van der Waals surface area contributed by atoms with Crippen molar-refractivity contribution in [2.24, 2.45) is 16.8 Å². The van der Waals surface area contributed by atoms with Crippen LogP contribution < -0.4 is 10.1 Å². The number of hydrogen-bond donors (Lipinski definition) is 2. The summed E-state index contributed by atoms with van der Waals surface area (Å²) in [6.07, 6.45) is 6.66. The predicted octanol–water partition coefficient (Wildman–Crippen LogP) is 2.42. The number of fused-ring (bicyclic) bond motifs is 2. The number of amides is 1. The highest BCUT2D eigenvalue weighted by Gasteiger charge is 2.43. The van der Waals surface area contributed by atoms with E-state index in [2.05, 4.69) is 22.5 Å². The first kappa shape index (κ1) is 17.1. The monoisotopic (exact) mass is 372 g/mol. The molecular formula is C19H20N2O4S. The molecule has 26 heavy (non-hydrogen) atoms. The maximum absolute atomic E-state index is 12.5. The smallest absolute Gasteiger partial charge is 0.312 e. The van der Waals surface area contributed by atoms with Crippen molar-refractivity contribution in [3.05, 3.63) is 42.0 Å². The molecule has 1 fully saturated rings. The van der Waals surface area contributed by atoms with Crippen LogP contribution in [0.25, 0.3) is 0 Å². The maximum Gasteiger partial charge on any atom is 0.312 e. The van der Waals surface area contributed by atoms with Crippen molar-refractivity contribution in [1.29, 1.82) is 0 Å². The summed E-state index contributed by atoms with van der Waals surface area (Å²) in [5.74, 6) is -0.924. The molecule has 1 saturated carbocycles. The van der Waals surface area contributed by atoms with Gasteiger partial charge in [-0.15, -0.1) is 0 Å². The van der Waals surface area contributed by atoms with Crippen LogP contribution in [0.5, 0.6) is 5.75 Å². The quantitative estimate of drug-likeness (QED) is 0.772. The fraction of sp³-hybridized carbons (Fsp3) is 0.421. The van der Waals surface area contributed by atoms with Crippen molar-refractivity contribution >= 4 is 28.8 Å². The third-order valence-corrected chi connectivity index (χ3v) is 6.48. The molecule has 0 spiro atoms. The average molecular weight is 372 g/mol. The molecule has 1 aliphatic heterocycles. The summed E-state index contributed by atoms with van der Waals surface area (Å²) in [5, 5.41) is 12.9. The van der Waals surface area contributed by atoms with Crippen LogP contribution in [0.1, 0.15) is 24.3 Å². The molecule has 5 unspecified atom stereocenters. The number of carbonyl (C=O) groups excluding carboxylic acids is 1. The van der Waals surface area contributed by atoms with Crippen LogP contribution in [-0.4, -0.2) is 40.6 Å². The van der Waals surface area contributed by atoms with E-state index in [-0.39, 0.29) is 6.04 Å². The number of amidine groups is 1. The number of thioether (sulfide) groups is 1. The lowest BCUT2D eigenvalue weighted by atomic mass is 9.94. The second-order valence-electron chi connectivity index (χ2n) is 6.88. The van der Waals surface area contributed by atoms with Crippen LogP contribution in [0.3, 0.4) is 0 Å². The van der Waals surface area contributed by atoms with Crippen molar-refractivity contribution in [3.63, 3.8) is 0 Å². The van der Waals surface area contributed by atoms with E-state index in [1.54, 1.807) is 24.3 Å². The second kappa shape index (κ2) is 6.79. The van der Waals surface area contributed by atoms with Gasteiger partial charge in [-0.1, -0.05) is 42.1 Å². The summed E-state index contributed by atoms with van der Waals surface area (Å²) in [6.45, 7) is 0. The first-order valence-corrected chi connectivity index (χ1v) is 9.54. The third-order valence-electron chi connectivity index (χ3n) is 5.32. The van der Waals surface area contributed by atoms with E-state index in [0.717, 1.165) is 12.8 Å². The number of hydrogen-bond acceptors (Lipinski definition) is 5. The van der Waals surface area contributed by atoms with Crippen molar-refractivity contribution in [1.82, 2.24) is 5.32 Å². The highest BCUT2D eigenvalue weighted by Crippen LogP contribution is 2.41. The third kappa shape index (κ3) is 3.00. The van der Waals surface area contributed by atoms with Gasteiger partial charge < -0.3 is 15.2 Å². The van der Waals surface area contributed by atoms with Crippen LogP contribution in [0, 0.1) is 11.8 Å². The maximum atomic E-state index is 12.5. The topological polar surface area (TPSA) is 88.0 Å². The predicted molar refractivity (Wildman–Crippen MR) is 99.5 cm³/mol. The van der Waals surface area contributed by atoms with Gasteiger partial charge in [-0.2, -0.15) is 4.99 Å². The van der Waals surface area contributed by atoms with Crippen LogP contribution in [0.15, 0.2) is 41.4 Å². The molecule has 2 bridgehead atoms. The Hall–Kier alpha value is -2.28. The molecule has 4 rings (SSSR count). The van der Waals surface area contributed by atoms with Gasteiger partial charge in [-0.25, -0.2) is 0 Å². The van der Waals surface area contributed by atoms with E-state index in [4.69, 9.17) is 4.74 Å². The first-order chi connectivity index (χ1) is 12.6. The van der Waals surface area contributed by atoms with Gasteiger partial charge in [-0.05, 0) is 30.7 Å². The molecule has 7 heteroatoms. The minimum absolute atomic E-state index is 0.275. The normalized spacial score (nSPS) is 30.3. The summed E-state index contributed by atoms with van der Waals surface area (Å²) >= 11 is 1.21. The number of aliphatic imine (C=N–C) groups is 1. The van der Waals surface area contributed by atoms with E-state index >= 15 is 0 Å². The number of ether oxygens (including phenoxy) is 1. The van der Waals surface area contributed by atoms with E-state index in [9.17, 15) is 14.7 Å². The Morgan fingerprint density at radius 3 is 2.81 bits per heavy atom. The molecule has 0 saturated heterocycles. The number of methoxy groups -OCH3 is 1. The van der Waals surface area contributed by atoms with Crippen LogP contribution in [-0.2, 0) is 9.59 Å². The van der Waals surface area contributed by atoms with Gasteiger partial charge in [0, 0.05) is 11.6 Å². The first-order valence-electron chi connectivity index (χ1n) is 8.66. The Balaban J connectivity index is 1.52. The molecule has 2 N–H and O–H groups in total. The lowest BCUT2D eigenvalue weighted by molar-refractivity contribution is -0.140. The Kier molecular flexibility index (Phi) is 4.48. The highest BCUT2D eigenvalue weighted by atomic mass is 32.2. The van der Waals surface area contributed by atoms with Crippen LogP contribution in [0.2, 0.25) is 0 Å². The van der Waals surface area contributed by atoms with E-state index in [1.165, 1.54) is 18.9 Å². The zero-order valence-electron chi connectivity index (χ0n) is 14.3. The highest BCUT2D eigenvalue weighted by molar-refractivity contribution is 8.15. The van der Waals surface area contributed by atoms with Gasteiger partial charge in [-0.3, -0.25) is 9.59 Å². The number of nitrogens with one attached hydrogen (secondary N) is 1. The number of rotatable bonds is 5. The molecule has 0 aromatic heterocycles. The van der Waals surface area contributed by atoms with Gasteiger partial charge in [0.05, 0.1) is 7.11 Å². The Labute approximate surface area is 155 Å². The lowest BCUT2D eigenvalue weighted by Gasteiger charge is -2.22. The summed E-state index contributed by atoms with van der Waals surface area (Å²) in [6, 6.07) is 7.20. The van der Waals surface area contributed by atoms with Gasteiger partial charge >= 0.3 is 5.97 Å². The Bertz CT molecular complexity index is 806. The molecule has 1 amide bonds. The number of carbonyl (C=O) groups is 2. The summed E-state index contributed by atoms with van der Waals surface area (Å²) < 4.78 is 5.29. The van der Waals surface area contributed by atoms with E-state index in [0.29, 0.717) is 28.3 Å². The summed E-state index contributed by atoms with van der Waals surface area (Å²) in [5.41, 5.74) is 0.493. The molecular weight excluding hydrogens is 352 g/mol. The largest absolute Gasteiger partial charge is 0.496 e. The fourth-order valence-corrected chi connectivity index (χ4v) is 5.25. The number of allylic oxidation sites excluding steroid dienone is 1. The van der Waals surface area contributed by atoms with Crippen molar-refractivity contribution < 1.29 is 19.4 Å². The minimum atomic E-state index is -1.06. The standard InChI is InChI=1S/C19H20N2O4S/c1-25-14-5-3-2-4-12(14)15(18(23)24)16-17(22)21-19(26-16)20-13-9-10-6-7-11(13)8-10/h2-7,10-11,13,15-16H,8-9H2,1H3,(H,23,24)(H,20,21,22). The molecule has 5 atom stereocenters. The number of benzene rings is 1. The lowest BCUT2D eigenvalue weighted by Crippen LogP contribution is -2.36. The summed E-state index contributed by atoms with van der Waals surface area (Å²) in [7, 11) is 1.49. The number of aliphatic carboxylic acids is 1. The molecule has 1 aromatic rings.